The molecular formula is C2B9S. The van der Waals surface area contributed by atoms with Gasteiger partial charge in [-0.1, -0.05) is 5.02 Å². The van der Waals surface area contributed by atoms with Gasteiger partial charge in [0.05, 0.1) is 13.0 Å². The molecule has 0 fully saturated rings. The van der Waals surface area contributed by atoms with Crippen molar-refractivity contribution in [2.75, 3.05) is 0 Å². The first-order chi connectivity index (χ1) is 5.54. The van der Waals surface area contributed by atoms with Gasteiger partial charge in [-0.05, 0) is 12.2 Å². The van der Waals surface area contributed by atoms with Gasteiger partial charge in [-0.3, -0.25) is 0 Å². The summed E-state index contributed by atoms with van der Waals surface area (Å²) in [5.41, 5.74) is 0. The predicted octanol–water partition coefficient (Wildman–Crippen LogP) is -2.90. The average molecular weight is 153 g/mol. The van der Waals surface area contributed by atoms with Crippen molar-refractivity contribution in [3.8, 4) is 0 Å². The van der Waals surface area contributed by atoms with Crippen LogP contribution in [0.15, 0.2) is 5.37 Å². The predicted molar refractivity (Wildman–Crippen MR) is 67.9 cm³/mol. The van der Waals surface area contributed by atoms with E-state index in [1.54, 1.807) is 0 Å². The van der Waals surface area contributed by atoms with Crippen LogP contribution in [0.3, 0.4) is 0 Å². The van der Waals surface area contributed by atoms with E-state index in [2.05, 4.69) is 17.2 Å². The Bertz CT molecular complexity index is 181. The van der Waals surface area contributed by atoms with Gasteiger partial charge in [0.25, 0.3) is 0 Å². The zero-order valence-electron chi connectivity index (χ0n) is 6.60. The highest BCUT2D eigenvalue weighted by Crippen LogP contribution is 1.97. The van der Waals surface area contributed by atoms with Crippen molar-refractivity contribution in [2.24, 2.45) is 0 Å². The Hall–Kier alpha value is 0.454. The summed E-state index contributed by atoms with van der Waals surface area (Å²) in [6, 6.07) is 0. The van der Waals surface area contributed by atoms with Crippen LogP contribution in [0.5, 0.6) is 0 Å². The molecule has 11 radical (unpaired) electrons. The Balaban J connectivity index is 4.58. The zero-order valence-corrected chi connectivity index (χ0v) is 7.42. The van der Waals surface area contributed by atoms with Crippen molar-refractivity contribution < 1.29 is 0 Å². The molecule has 0 aromatic rings. The third kappa shape index (κ3) is 3.45. The van der Waals surface area contributed by atoms with E-state index in [1.807, 2.05) is 0 Å². The van der Waals surface area contributed by atoms with Crippen LogP contribution in [0.2, 0.25) is 0 Å². The average Bonchev–Trinajstić information content (AvgIpc) is 1.98. The van der Waals surface area contributed by atoms with E-state index in [0.29, 0.717) is 5.37 Å². The van der Waals surface area contributed by atoms with Gasteiger partial charge < -0.3 is 0 Å². The lowest BCUT2D eigenvalue weighted by Crippen LogP contribution is -2.49. The van der Waals surface area contributed by atoms with Crippen LogP contribution < -0.4 is 0 Å². The van der Waals surface area contributed by atoms with E-state index >= 15 is 0 Å². The lowest BCUT2D eigenvalue weighted by atomic mass is 8.77. The minimum atomic E-state index is -0.720. The number of thiocarbonyl (C=S) groups is 1. The van der Waals surface area contributed by atoms with Crippen LogP contribution >= 0.6 is 12.2 Å². The Morgan fingerprint density at radius 1 is 1.25 bits per heavy atom. The topological polar surface area (TPSA) is 0 Å². The Morgan fingerprint density at radius 2 is 1.75 bits per heavy atom. The molecule has 0 aliphatic heterocycles. The third-order valence-corrected chi connectivity index (χ3v) is 1.69. The van der Waals surface area contributed by atoms with E-state index in [4.69, 9.17) is 38.7 Å². The summed E-state index contributed by atoms with van der Waals surface area (Å²) >= 11 is 4.58. The molecule has 10 heteroatoms. The maximum Gasteiger partial charge on any atom is 0.0733 e. The van der Waals surface area contributed by atoms with E-state index in [1.165, 1.54) is 7.06 Å². The summed E-state index contributed by atoms with van der Waals surface area (Å²) < 4.78 is 0. The number of hydrogen-bond donors (Lipinski definition) is 0. The standard InChI is InChI=1S/C2B9S/c3-8-10(11(6)7)2(1-12)9(4)5. The van der Waals surface area contributed by atoms with Crippen molar-refractivity contribution in [2.45, 2.75) is 0 Å². The highest BCUT2D eigenvalue weighted by atomic mass is 32.1. The summed E-state index contributed by atoms with van der Waals surface area (Å²) in [4.78, 5) is 0. The van der Waals surface area contributed by atoms with Crippen LogP contribution in [0.1, 0.15) is 0 Å². The van der Waals surface area contributed by atoms with Crippen molar-refractivity contribution in [1.29, 1.82) is 0 Å². The summed E-state index contributed by atoms with van der Waals surface area (Å²) in [7, 11) is 28.2. The molecular weight excluding hydrogens is 153 g/mol. The van der Waals surface area contributed by atoms with Crippen LogP contribution in [0.4, 0.5) is 0 Å². The molecule has 0 nitrogen and oxygen atoms in total. The Labute approximate surface area is 87.9 Å². The summed E-state index contributed by atoms with van der Waals surface area (Å²) in [5.74, 6) is 0. The van der Waals surface area contributed by atoms with Crippen LogP contribution in [-0.2, 0) is 0 Å². The summed E-state index contributed by atoms with van der Waals surface area (Å²) in [6.07, 6.45) is -0.657. The van der Waals surface area contributed by atoms with Crippen molar-refractivity contribution in [3.05, 3.63) is 5.37 Å². The molecule has 0 amide bonds. The molecule has 0 bridgehead atoms. The minimum Gasteiger partial charge on any atom is -0.116 e. The first-order valence-electron chi connectivity index (χ1n) is 3.36. The Morgan fingerprint density at radius 3 is 1.83 bits per heavy atom. The van der Waals surface area contributed by atoms with Gasteiger partial charge in [0.15, 0.2) is 0 Å². The molecule has 0 saturated carbocycles. The lowest BCUT2D eigenvalue weighted by molar-refractivity contribution is 2.52. The van der Waals surface area contributed by atoms with Gasteiger partial charge in [0.2, 0.25) is 0 Å². The largest absolute Gasteiger partial charge is 0.116 e. The molecule has 0 aliphatic carbocycles. The van der Waals surface area contributed by atoms with Gasteiger partial charge >= 0.3 is 0 Å². The fourth-order valence-corrected chi connectivity index (χ4v) is 1.07. The highest BCUT2D eigenvalue weighted by molar-refractivity contribution is 7.81. The maximum absolute atomic E-state index is 5.41. The minimum absolute atomic E-state index is 0.414. The summed E-state index contributed by atoms with van der Waals surface area (Å²) in [5, 5.41) is 2.86. The van der Waals surface area contributed by atoms with Gasteiger partial charge in [-0.25, -0.2) is 0 Å². The molecule has 0 saturated heterocycles. The van der Waals surface area contributed by atoms with Crippen LogP contribution in [0.25, 0.3) is 0 Å². The molecule has 0 aromatic carbocycles. The number of hydrogen-bond acceptors (Lipinski definition) is 1. The normalized spacial score (nSPS) is 8.00. The molecule has 0 unspecified atom stereocenters. The maximum atomic E-state index is 5.41. The molecule has 0 spiro atoms. The fourth-order valence-electron chi connectivity index (χ4n) is 0.798. The highest BCUT2D eigenvalue weighted by Gasteiger charge is 2.22. The molecule has 0 heterocycles. The monoisotopic (exact) mass is 155 g/mol. The van der Waals surface area contributed by atoms with Gasteiger partial charge in [-0.15, -0.1) is 5.37 Å². The SMILES string of the molecule is [B][B]B(B([B])[B])C(=C=S)B([B])[B]. The van der Waals surface area contributed by atoms with E-state index in [-0.39, 0.29) is 0 Å². The molecule has 12 heavy (non-hydrogen) atoms. The molecule has 0 N–H and O–H groups in total. The number of rotatable bonds is 4. The van der Waals surface area contributed by atoms with Gasteiger partial charge in [0, 0.05) is 52.1 Å². The second-order valence-electron chi connectivity index (χ2n) is 2.38. The van der Waals surface area contributed by atoms with E-state index in [0.717, 1.165) is 0 Å². The first-order valence-corrected chi connectivity index (χ1v) is 3.77. The van der Waals surface area contributed by atoms with Crippen molar-refractivity contribution in [3.63, 3.8) is 0 Å². The van der Waals surface area contributed by atoms with E-state index in [9.17, 15) is 0 Å². The smallest absolute Gasteiger partial charge is 0.0733 e. The van der Waals surface area contributed by atoms with Gasteiger partial charge in [-0.2, -0.15) is 0 Å². The Kier molecular flexibility index (Phi) is 6.22. The summed E-state index contributed by atoms with van der Waals surface area (Å²) in [6.45, 7) is -1.13. The zero-order chi connectivity index (χ0) is 9.72. The van der Waals surface area contributed by atoms with E-state index < -0.39 is 19.4 Å². The molecule has 0 atom stereocenters. The fraction of sp³-hybridized carbons (Fsp3) is 0. The van der Waals surface area contributed by atoms with Gasteiger partial charge in [0.1, 0.15) is 0 Å². The molecule has 0 rings (SSSR count). The van der Waals surface area contributed by atoms with Crippen LogP contribution in [-0.4, -0.2) is 70.1 Å². The molecule has 41 valence electrons. The first kappa shape index (κ1) is 12.5. The third-order valence-electron chi connectivity index (χ3n) is 1.46. The van der Waals surface area contributed by atoms with Crippen molar-refractivity contribution in [1.82, 2.24) is 0 Å². The quantitative estimate of drug-likeness (QED) is 0.308. The van der Waals surface area contributed by atoms with Crippen LogP contribution in [0, 0.1) is 0 Å². The second kappa shape index (κ2) is 5.99. The molecule has 0 aromatic heterocycles. The van der Waals surface area contributed by atoms with Crippen molar-refractivity contribution >= 4 is 82.4 Å². The lowest BCUT2D eigenvalue weighted by Gasteiger charge is -2.19. The second-order valence-corrected chi connectivity index (χ2v) is 2.58. The molecule has 0 aliphatic rings.